The minimum absolute atomic E-state index is 0.0351. The molecule has 1 aromatic rings. The molecule has 30 heavy (non-hydrogen) atoms. The summed E-state index contributed by atoms with van der Waals surface area (Å²) in [6.45, 7) is 1.56. The number of benzene rings is 1. The van der Waals surface area contributed by atoms with E-state index >= 15 is 0 Å². The van der Waals surface area contributed by atoms with Crippen molar-refractivity contribution in [3.8, 4) is 0 Å². The number of nitrogens with two attached hydrogens (primary N) is 1. The Kier molecular flexibility index (Phi) is 7.90. The number of carbonyl (C=O) groups excluding carboxylic acids is 4. The summed E-state index contributed by atoms with van der Waals surface area (Å²) >= 11 is 0. The summed E-state index contributed by atoms with van der Waals surface area (Å²) in [5, 5.41) is 10.5. The molecule has 10 heteroatoms. The molecule has 0 radical (unpaired) electrons. The Hall–Kier alpha value is -3.43. The van der Waals surface area contributed by atoms with Crippen LogP contribution in [0.15, 0.2) is 18.2 Å². The molecule has 0 saturated heterocycles. The van der Waals surface area contributed by atoms with Gasteiger partial charge in [-0.05, 0) is 31.0 Å². The highest BCUT2D eigenvalue weighted by Crippen LogP contribution is 2.28. The van der Waals surface area contributed by atoms with Crippen molar-refractivity contribution in [3.05, 3.63) is 23.8 Å². The van der Waals surface area contributed by atoms with Gasteiger partial charge in [0.25, 0.3) is 5.91 Å². The Morgan fingerprint density at radius 3 is 2.63 bits per heavy atom. The van der Waals surface area contributed by atoms with Gasteiger partial charge in [0.15, 0.2) is 0 Å². The first-order valence-electron chi connectivity index (χ1n) is 9.67. The van der Waals surface area contributed by atoms with Crippen molar-refractivity contribution in [1.82, 2.24) is 4.90 Å². The number of fused-ring (bicyclic) bond motifs is 1. The Morgan fingerprint density at radius 2 is 1.97 bits per heavy atom. The van der Waals surface area contributed by atoms with E-state index in [1.54, 1.807) is 25.2 Å². The van der Waals surface area contributed by atoms with E-state index in [0.717, 1.165) is 25.5 Å². The van der Waals surface area contributed by atoms with Crippen LogP contribution in [0.25, 0.3) is 0 Å². The van der Waals surface area contributed by atoms with Crippen LogP contribution in [-0.2, 0) is 19.1 Å². The number of nitrogens with one attached hydrogen (secondary N) is 2. The van der Waals surface area contributed by atoms with Crippen molar-refractivity contribution in [2.45, 2.75) is 32.6 Å². The molecule has 0 fully saturated rings. The highest BCUT2D eigenvalue weighted by Gasteiger charge is 2.30. The van der Waals surface area contributed by atoms with Crippen molar-refractivity contribution in [3.63, 3.8) is 0 Å². The third-order valence-electron chi connectivity index (χ3n) is 4.62. The molecule has 2 amide bonds. The zero-order chi connectivity index (χ0) is 22.3. The first-order valence-corrected chi connectivity index (χ1v) is 9.67. The number of unbranched alkanes of at least 4 members (excludes halogenated alkanes) is 1. The highest BCUT2D eigenvalue weighted by molar-refractivity contribution is 6.10. The van der Waals surface area contributed by atoms with Crippen LogP contribution in [0.2, 0.25) is 0 Å². The second-order valence-electron chi connectivity index (χ2n) is 7.04. The van der Waals surface area contributed by atoms with Gasteiger partial charge in [-0.1, -0.05) is 0 Å². The zero-order valence-corrected chi connectivity index (χ0v) is 17.2. The lowest BCUT2D eigenvalue weighted by molar-refractivity contribution is -0.158. The van der Waals surface area contributed by atoms with Crippen molar-refractivity contribution in [2.75, 3.05) is 36.9 Å². The van der Waals surface area contributed by atoms with Crippen LogP contribution in [-0.4, -0.2) is 61.2 Å². The van der Waals surface area contributed by atoms with Gasteiger partial charge in [-0.25, -0.2) is 0 Å². The molecule has 10 nitrogen and oxygen atoms in total. The van der Waals surface area contributed by atoms with Crippen molar-refractivity contribution < 1.29 is 23.9 Å². The van der Waals surface area contributed by atoms with Gasteiger partial charge in [0, 0.05) is 39.2 Å². The number of amidine groups is 1. The van der Waals surface area contributed by atoms with E-state index in [4.69, 9.17) is 11.1 Å². The number of hydrogen-bond donors (Lipinski definition) is 3. The summed E-state index contributed by atoms with van der Waals surface area (Å²) in [6.07, 6.45) is 1.95. The molecule has 1 heterocycles. The molecule has 0 aromatic heterocycles. The predicted molar refractivity (Wildman–Crippen MR) is 111 cm³/mol. The molecular formula is C20H27N5O5. The van der Waals surface area contributed by atoms with E-state index in [9.17, 15) is 19.2 Å². The first kappa shape index (κ1) is 22.9. The van der Waals surface area contributed by atoms with Crippen molar-refractivity contribution in [1.29, 1.82) is 5.41 Å². The second-order valence-corrected chi connectivity index (χ2v) is 7.04. The van der Waals surface area contributed by atoms with Gasteiger partial charge in [0.05, 0.1) is 23.5 Å². The van der Waals surface area contributed by atoms with E-state index in [1.165, 1.54) is 9.80 Å². The molecule has 2 rings (SSSR count). The van der Waals surface area contributed by atoms with Crippen LogP contribution in [0.1, 0.15) is 43.0 Å². The second kappa shape index (κ2) is 10.4. The molecule has 1 aliphatic heterocycles. The van der Waals surface area contributed by atoms with E-state index in [-0.39, 0.29) is 37.2 Å². The summed E-state index contributed by atoms with van der Waals surface area (Å²) in [6, 6.07) is 5.18. The van der Waals surface area contributed by atoms with Gasteiger partial charge in [-0.15, -0.1) is 0 Å². The van der Waals surface area contributed by atoms with Crippen LogP contribution >= 0.6 is 0 Å². The van der Waals surface area contributed by atoms with Gasteiger partial charge in [0.1, 0.15) is 6.54 Å². The van der Waals surface area contributed by atoms with E-state index in [1.807, 2.05) is 0 Å². The Labute approximate surface area is 174 Å². The molecule has 0 aliphatic carbocycles. The summed E-state index contributed by atoms with van der Waals surface area (Å²) in [7, 11) is 1.59. The number of carbonyl (C=O) groups is 4. The largest absolute Gasteiger partial charge is 0.393 e. The molecule has 162 valence electrons. The quantitative estimate of drug-likeness (QED) is 0.179. The zero-order valence-electron chi connectivity index (χ0n) is 17.2. The fourth-order valence-electron chi connectivity index (χ4n) is 3.05. The number of ether oxygens (including phenoxy) is 1. The van der Waals surface area contributed by atoms with Gasteiger partial charge in [0.2, 0.25) is 5.91 Å². The average Bonchev–Trinajstić information content (AvgIpc) is 2.76. The van der Waals surface area contributed by atoms with E-state index in [2.05, 4.69) is 10.1 Å². The SMILES string of the molecule is CC(=O)OC(=O)CCN1CC(=O)N(C)c2ccc(NCCCCC(=N)N)cc2C1=O. The van der Waals surface area contributed by atoms with Crippen LogP contribution in [0.4, 0.5) is 11.4 Å². The van der Waals surface area contributed by atoms with E-state index in [0.29, 0.717) is 24.2 Å². The number of anilines is 2. The van der Waals surface area contributed by atoms with Crippen LogP contribution < -0.4 is 16.0 Å². The number of likely N-dealkylation sites (N-methyl/N-ethyl adjacent to an activating group) is 1. The molecular weight excluding hydrogens is 390 g/mol. The number of amides is 2. The lowest BCUT2D eigenvalue weighted by atomic mass is 10.1. The molecule has 0 unspecified atom stereocenters. The minimum atomic E-state index is -0.749. The molecule has 0 saturated carbocycles. The van der Waals surface area contributed by atoms with Gasteiger partial charge < -0.3 is 25.6 Å². The molecule has 0 bridgehead atoms. The van der Waals surface area contributed by atoms with E-state index < -0.39 is 11.9 Å². The van der Waals surface area contributed by atoms with Gasteiger partial charge in [-0.3, -0.25) is 24.6 Å². The molecule has 1 aliphatic rings. The van der Waals surface area contributed by atoms with Crippen LogP contribution in [0.3, 0.4) is 0 Å². The molecule has 4 N–H and O–H groups in total. The van der Waals surface area contributed by atoms with Crippen molar-refractivity contribution >= 4 is 41.0 Å². The lowest BCUT2D eigenvalue weighted by Crippen LogP contribution is -2.39. The Bertz CT molecular complexity index is 854. The Balaban J connectivity index is 2.10. The summed E-state index contributed by atoms with van der Waals surface area (Å²) in [5.41, 5.74) is 6.90. The van der Waals surface area contributed by atoms with Crippen molar-refractivity contribution in [2.24, 2.45) is 5.73 Å². The number of esters is 2. The smallest absolute Gasteiger partial charge is 0.315 e. The predicted octanol–water partition coefficient (Wildman–Crippen LogP) is 1.10. The van der Waals surface area contributed by atoms with Gasteiger partial charge in [-0.2, -0.15) is 0 Å². The lowest BCUT2D eigenvalue weighted by Gasteiger charge is -2.19. The summed E-state index contributed by atoms with van der Waals surface area (Å²) in [5.74, 6) is -1.97. The normalized spacial score (nSPS) is 13.5. The molecule has 0 spiro atoms. The average molecular weight is 417 g/mol. The fraction of sp³-hybridized carbons (Fsp3) is 0.450. The Morgan fingerprint density at radius 1 is 1.23 bits per heavy atom. The maximum Gasteiger partial charge on any atom is 0.315 e. The number of hydrogen-bond acceptors (Lipinski definition) is 7. The minimum Gasteiger partial charge on any atom is -0.393 e. The third kappa shape index (κ3) is 6.29. The monoisotopic (exact) mass is 417 g/mol. The standard InChI is InChI=1S/C20H27N5O5/c1-13(26)30-19(28)8-10-25-12-18(27)24(2)16-7-6-14(11-15(16)20(25)29)23-9-4-3-5-17(21)22/h6-7,11,23H,3-5,8-10,12H2,1-2H3,(H3,21,22). The maximum atomic E-state index is 13.0. The fourth-order valence-corrected chi connectivity index (χ4v) is 3.05. The van der Waals surface area contributed by atoms with Crippen LogP contribution in [0.5, 0.6) is 0 Å². The van der Waals surface area contributed by atoms with Gasteiger partial charge >= 0.3 is 11.9 Å². The van der Waals surface area contributed by atoms with Crippen LogP contribution in [0, 0.1) is 5.41 Å². The topological polar surface area (TPSA) is 146 Å². The maximum absolute atomic E-state index is 13.0. The highest BCUT2D eigenvalue weighted by atomic mass is 16.6. The number of rotatable bonds is 9. The third-order valence-corrected chi connectivity index (χ3v) is 4.62. The summed E-state index contributed by atoms with van der Waals surface area (Å²) in [4.78, 5) is 50.7. The molecule has 0 atom stereocenters. The first-order chi connectivity index (χ1) is 14.2. The summed E-state index contributed by atoms with van der Waals surface area (Å²) < 4.78 is 4.48. The molecule has 1 aromatic carbocycles. The number of nitrogens with zero attached hydrogens (tertiary/aromatic N) is 2.